The van der Waals surface area contributed by atoms with Crippen LogP contribution in [0.25, 0.3) is 0 Å². The van der Waals surface area contributed by atoms with E-state index in [4.69, 9.17) is 10.5 Å². The number of rotatable bonds is 4. The fourth-order valence-corrected chi connectivity index (χ4v) is 2.89. The summed E-state index contributed by atoms with van der Waals surface area (Å²) in [5.74, 6) is 1.88. The van der Waals surface area contributed by atoms with Crippen LogP contribution >= 0.6 is 0 Å². The van der Waals surface area contributed by atoms with Crippen molar-refractivity contribution in [2.75, 3.05) is 24.8 Å². The number of nitrogens with zero attached hydrogens (tertiary/aromatic N) is 2. The lowest BCUT2D eigenvalue weighted by Crippen LogP contribution is -2.46. The zero-order valence-corrected chi connectivity index (χ0v) is 11.5. The Morgan fingerprint density at radius 1 is 1.58 bits per heavy atom. The van der Waals surface area contributed by atoms with E-state index in [1.165, 1.54) is 19.9 Å². The second-order valence-electron chi connectivity index (χ2n) is 5.41. The van der Waals surface area contributed by atoms with Gasteiger partial charge in [0.05, 0.1) is 19.3 Å². The van der Waals surface area contributed by atoms with Crippen LogP contribution < -0.4 is 15.8 Å². The lowest BCUT2D eigenvalue weighted by atomic mass is 9.77. The molecule has 106 valence electrons. The minimum Gasteiger partial charge on any atom is -0.490 e. The van der Waals surface area contributed by atoms with E-state index in [9.17, 15) is 5.11 Å². The number of aliphatic hydroxyl groups excluding tert-OH is 1. The smallest absolute Gasteiger partial charge is 0.203 e. The molecule has 1 aromatic rings. The summed E-state index contributed by atoms with van der Waals surface area (Å²) in [6.45, 7) is 2.28. The molecule has 1 aliphatic carbocycles. The van der Waals surface area contributed by atoms with E-state index in [-0.39, 0.29) is 12.1 Å². The minimum atomic E-state index is -0.342. The maximum atomic E-state index is 9.78. The van der Waals surface area contributed by atoms with Crippen LogP contribution in [0.5, 0.6) is 5.75 Å². The van der Waals surface area contributed by atoms with Crippen molar-refractivity contribution in [2.45, 2.75) is 38.1 Å². The zero-order valence-electron chi connectivity index (χ0n) is 11.5. The first kappa shape index (κ1) is 13.9. The summed E-state index contributed by atoms with van der Waals surface area (Å²) in [6, 6.07) is 0. The molecular weight excluding hydrogens is 244 g/mol. The molecule has 1 aromatic heterocycles. The van der Waals surface area contributed by atoms with Gasteiger partial charge in [0.1, 0.15) is 6.33 Å². The monoisotopic (exact) mass is 266 g/mol. The number of ether oxygens (including phenoxy) is 1. The first-order valence-corrected chi connectivity index (χ1v) is 6.64. The van der Waals surface area contributed by atoms with Crippen LogP contribution in [0.3, 0.4) is 0 Å². The molecule has 0 aliphatic heterocycles. The Morgan fingerprint density at radius 3 is 3.00 bits per heavy atom. The maximum absolute atomic E-state index is 9.78. The van der Waals surface area contributed by atoms with Crippen LogP contribution in [-0.2, 0) is 0 Å². The van der Waals surface area contributed by atoms with Gasteiger partial charge in [-0.15, -0.1) is 0 Å². The van der Waals surface area contributed by atoms with Crippen molar-refractivity contribution >= 4 is 11.6 Å². The van der Waals surface area contributed by atoms with Crippen LogP contribution in [0, 0.1) is 5.92 Å². The largest absolute Gasteiger partial charge is 0.490 e. The van der Waals surface area contributed by atoms with E-state index in [2.05, 4.69) is 22.2 Å². The van der Waals surface area contributed by atoms with Crippen LogP contribution in [0.4, 0.5) is 11.6 Å². The molecule has 4 N–H and O–H groups in total. The lowest BCUT2D eigenvalue weighted by Gasteiger charge is -2.40. The van der Waals surface area contributed by atoms with Crippen LogP contribution in [0.2, 0.25) is 0 Å². The molecule has 1 heterocycles. The highest BCUT2D eigenvalue weighted by atomic mass is 16.5. The number of nitrogens with one attached hydrogen (secondary N) is 1. The Bertz CT molecular complexity index is 441. The molecule has 0 spiro atoms. The van der Waals surface area contributed by atoms with E-state index >= 15 is 0 Å². The van der Waals surface area contributed by atoms with E-state index in [0.29, 0.717) is 23.3 Å². The van der Waals surface area contributed by atoms with Crippen molar-refractivity contribution in [3.63, 3.8) is 0 Å². The molecule has 2 atom stereocenters. The summed E-state index contributed by atoms with van der Waals surface area (Å²) in [4.78, 5) is 8.09. The highest BCUT2D eigenvalue weighted by molar-refractivity contribution is 5.62. The molecule has 0 bridgehead atoms. The summed E-state index contributed by atoms with van der Waals surface area (Å²) in [6.07, 6.45) is 5.53. The van der Waals surface area contributed by atoms with Crippen LogP contribution in [0.1, 0.15) is 32.6 Å². The highest BCUT2D eigenvalue weighted by Gasteiger charge is 2.35. The summed E-state index contributed by atoms with van der Waals surface area (Å²) in [5, 5.41) is 13.1. The SMILES string of the molecule is COc1c(N)ncnc1NC1(CO)CCCC(C)C1. The number of aliphatic hydroxyl groups is 1. The van der Waals surface area contributed by atoms with Crippen molar-refractivity contribution in [3.8, 4) is 5.75 Å². The summed E-state index contributed by atoms with van der Waals surface area (Å²) < 4.78 is 5.24. The van der Waals surface area contributed by atoms with Crippen molar-refractivity contribution in [1.82, 2.24) is 9.97 Å². The minimum absolute atomic E-state index is 0.0738. The van der Waals surface area contributed by atoms with Crippen LogP contribution in [-0.4, -0.2) is 34.3 Å². The molecule has 1 aliphatic rings. The predicted molar refractivity (Wildman–Crippen MR) is 74.1 cm³/mol. The van der Waals surface area contributed by atoms with Crippen molar-refractivity contribution < 1.29 is 9.84 Å². The molecule has 6 nitrogen and oxygen atoms in total. The average Bonchev–Trinajstić information content (AvgIpc) is 2.39. The van der Waals surface area contributed by atoms with Gasteiger partial charge in [0.25, 0.3) is 0 Å². The Labute approximate surface area is 113 Å². The highest BCUT2D eigenvalue weighted by Crippen LogP contribution is 2.37. The van der Waals surface area contributed by atoms with Gasteiger partial charge < -0.3 is 20.9 Å². The molecule has 19 heavy (non-hydrogen) atoms. The van der Waals surface area contributed by atoms with Gasteiger partial charge in [-0.05, 0) is 18.8 Å². The Kier molecular flexibility index (Phi) is 4.09. The number of nitrogen functional groups attached to an aromatic ring is 1. The number of methoxy groups -OCH3 is 1. The molecule has 2 rings (SSSR count). The van der Waals surface area contributed by atoms with Gasteiger partial charge in [0.15, 0.2) is 11.6 Å². The third-order valence-electron chi connectivity index (χ3n) is 3.81. The van der Waals surface area contributed by atoms with Crippen molar-refractivity contribution in [1.29, 1.82) is 0 Å². The van der Waals surface area contributed by atoms with Crippen molar-refractivity contribution in [2.24, 2.45) is 5.92 Å². The lowest BCUT2D eigenvalue weighted by molar-refractivity contribution is 0.149. The third-order valence-corrected chi connectivity index (χ3v) is 3.81. The van der Waals surface area contributed by atoms with Gasteiger partial charge in [-0.1, -0.05) is 19.8 Å². The number of nitrogens with two attached hydrogens (primary N) is 1. The molecule has 0 radical (unpaired) electrons. The topological polar surface area (TPSA) is 93.3 Å². The fraction of sp³-hybridized carbons (Fsp3) is 0.692. The van der Waals surface area contributed by atoms with Crippen LogP contribution in [0.15, 0.2) is 6.33 Å². The summed E-state index contributed by atoms with van der Waals surface area (Å²) >= 11 is 0. The number of hydrogen-bond acceptors (Lipinski definition) is 6. The molecule has 0 amide bonds. The molecule has 2 unspecified atom stereocenters. The standard InChI is InChI=1S/C13H22N4O2/c1-9-4-3-5-13(6-9,7-18)17-12-10(19-2)11(14)15-8-16-12/h8-9,18H,3-7H2,1-2H3,(H3,14,15,16,17). The number of anilines is 2. The third kappa shape index (κ3) is 2.89. The van der Waals surface area contributed by atoms with E-state index in [1.807, 2.05) is 0 Å². The quantitative estimate of drug-likeness (QED) is 0.763. The predicted octanol–water partition coefficient (Wildman–Crippen LogP) is 1.42. The first-order chi connectivity index (χ1) is 9.10. The second-order valence-corrected chi connectivity index (χ2v) is 5.41. The Morgan fingerprint density at radius 2 is 2.37 bits per heavy atom. The van der Waals surface area contributed by atoms with Crippen molar-refractivity contribution in [3.05, 3.63) is 6.33 Å². The molecule has 0 saturated heterocycles. The normalized spacial score (nSPS) is 27.0. The van der Waals surface area contributed by atoms with Gasteiger partial charge in [0.2, 0.25) is 5.75 Å². The molecule has 1 saturated carbocycles. The number of hydrogen-bond donors (Lipinski definition) is 3. The van der Waals surface area contributed by atoms with Gasteiger partial charge in [0, 0.05) is 0 Å². The number of aromatic nitrogens is 2. The second kappa shape index (κ2) is 5.61. The maximum Gasteiger partial charge on any atom is 0.203 e. The average molecular weight is 266 g/mol. The first-order valence-electron chi connectivity index (χ1n) is 6.64. The molecule has 0 aromatic carbocycles. The van der Waals surface area contributed by atoms with Gasteiger partial charge in [-0.25, -0.2) is 9.97 Å². The van der Waals surface area contributed by atoms with Gasteiger partial charge >= 0.3 is 0 Å². The molecular formula is C13H22N4O2. The van der Waals surface area contributed by atoms with E-state index in [0.717, 1.165) is 19.3 Å². The fourth-order valence-electron chi connectivity index (χ4n) is 2.89. The van der Waals surface area contributed by atoms with Gasteiger partial charge in [-0.3, -0.25) is 0 Å². The Hall–Kier alpha value is -1.56. The summed E-state index contributed by atoms with van der Waals surface area (Å²) in [5.41, 5.74) is 5.43. The summed E-state index contributed by atoms with van der Waals surface area (Å²) in [7, 11) is 1.54. The van der Waals surface area contributed by atoms with Gasteiger partial charge in [-0.2, -0.15) is 0 Å². The van der Waals surface area contributed by atoms with E-state index < -0.39 is 0 Å². The zero-order chi connectivity index (χ0) is 13.9. The van der Waals surface area contributed by atoms with E-state index in [1.54, 1.807) is 0 Å². The molecule has 1 fully saturated rings. The molecule has 6 heteroatoms. The Balaban J connectivity index is 2.25.